The van der Waals surface area contributed by atoms with Crippen molar-refractivity contribution in [3.63, 3.8) is 0 Å². The Morgan fingerprint density at radius 1 is 0.889 bits per heavy atom. The first-order valence-corrected chi connectivity index (χ1v) is 6.27. The van der Waals surface area contributed by atoms with E-state index in [-0.39, 0.29) is 6.61 Å². The van der Waals surface area contributed by atoms with Crippen molar-refractivity contribution >= 4 is 0 Å². The third-order valence-corrected chi connectivity index (χ3v) is 3.24. The standard InChI is InChI=1S/C16H19NO/c17-11-16(15-4-2-1-3-5-15)10-13-6-8-14(12-18)9-7-13/h1-9,16,18H,10-12,17H2. The van der Waals surface area contributed by atoms with Crippen LogP contribution < -0.4 is 5.73 Å². The smallest absolute Gasteiger partial charge is 0.0681 e. The number of nitrogens with two attached hydrogens (primary N) is 1. The van der Waals surface area contributed by atoms with Crippen LogP contribution in [0.15, 0.2) is 54.6 Å². The number of aliphatic hydroxyl groups excluding tert-OH is 1. The molecule has 0 bridgehead atoms. The van der Waals surface area contributed by atoms with E-state index in [4.69, 9.17) is 10.8 Å². The Hall–Kier alpha value is -1.64. The molecule has 0 heterocycles. The van der Waals surface area contributed by atoms with Gasteiger partial charge in [-0.2, -0.15) is 0 Å². The van der Waals surface area contributed by atoms with E-state index >= 15 is 0 Å². The van der Waals surface area contributed by atoms with E-state index < -0.39 is 0 Å². The van der Waals surface area contributed by atoms with E-state index in [1.807, 2.05) is 30.3 Å². The van der Waals surface area contributed by atoms with E-state index in [0.29, 0.717) is 12.5 Å². The van der Waals surface area contributed by atoms with Crippen LogP contribution in [0.4, 0.5) is 0 Å². The van der Waals surface area contributed by atoms with E-state index in [9.17, 15) is 0 Å². The lowest BCUT2D eigenvalue weighted by Gasteiger charge is -2.15. The highest BCUT2D eigenvalue weighted by Gasteiger charge is 2.09. The van der Waals surface area contributed by atoms with Crippen molar-refractivity contribution in [2.24, 2.45) is 5.73 Å². The first kappa shape index (κ1) is 12.8. The van der Waals surface area contributed by atoms with Crippen molar-refractivity contribution in [1.82, 2.24) is 0 Å². The largest absolute Gasteiger partial charge is 0.392 e. The third kappa shape index (κ3) is 3.19. The van der Waals surface area contributed by atoms with Crippen molar-refractivity contribution in [3.8, 4) is 0 Å². The fourth-order valence-corrected chi connectivity index (χ4v) is 2.13. The molecule has 2 nitrogen and oxygen atoms in total. The topological polar surface area (TPSA) is 46.2 Å². The quantitative estimate of drug-likeness (QED) is 0.844. The first-order valence-electron chi connectivity index (χ1n) is 6.27. The lowest BCUT2D eigenvalue weighted by atomic mass is 9.92. The summed E-state index contributed by atoms with van der Waals surface area (Å²) in [5.41, 5.74) is 9.36. The van der Waals surface area contributed by atoms with Gasteiger partial charge in [0.15, 0.2) is 0 Å². The highest BCUT2D eigenvalue weighted by Crippen LogP contribution is 2.20. The predicted molar refractivity (Wildman–Crippen MR) is 74.3 cm³/mol. The van der Waals surface area contributed by atoms with Gasteiger partial charge in [0.25, 0.3) is 0 Å². The summed E-state index contributed by atoms with van der Waals surface area (Å²) in [6.45, 7) is 0.741. The molecule has 0 saturated carbocycles. The summed E-state index contributed by atoms with van der Waals surface area (Å²) in [5, 5.41) is 9.01. The SMILES string of the molecule is NCC(Cc1ccc(CO)cc1)c1ccccc1. The zero-order valence-electron chi connectivity index (χ0n) is 10.4. The normalized spacial score (nSPS) is 12.3. The summed E-state index contributed by atoms with van der Waals surface area (Å²) in [5.74, 6) is 0.353. The molecule has 3 N–H and O–H groups in total. The molecule has 0 aliphatic heterocycles. The Labute approximate surface area is 108 Å². The van der Waals surface area contributed by atoms with Crippen LogP contribution in [-0.2, 0) is 13.0 Å². The molecule has 0 aliphatic rings. The molecule has 2 heteroatoms. The summed E-state index contributed by atoms with van der Waals surface area (Å²) in [7, 11) is 0. The third-order valence-electron chi connectivity index (χ3n) is 3.24. The maximum Gasteiger partial charge on any atom is 0.0681 e. The molecule has 0 aliphatic carbocycles. The van der Waals surface area contributed by atoms with Crippen LogP contribution in [-0.4, -0.2) is 11.7 Å². The van der Waals surface area contributed by atoms with Gasteiger partial charge < -0.3 is 10.8 Å². The lowest BCUT2D eigenvalue weighted by Crippen LogP contribution is -2.14. The molecule has 0 spiro atoms. The zero-order chi connectivity index (χ0) is 12.8. The molecule has 0 aromatic heterocycles. The second kappa shape index (κ2) is 6.34. The van der Waals surface area contributed by atoms with Gasteiger partial charge >= 0.3 is 0 Å². The summed E-state index contributed by atoms with van der Waals surface area (Å²) in [6.07, 6.45) is 0.937. The fraction of sp³-hybridized carbons (Fsp3) is 0.250. The maximum atomic E-state index is 9.01. The highest BCUT2D eigenvalue weighted by atomic mass is 16.3. The molecule has 18 heavy (non-hydrogen) atoms. The van der Waals surface area contributed by atoms with Crippen LogP contribution in [0, 0.1) is 0 Å². The Morgan fingerprint density at radius 2 is 1.50 bits per heavy atom. The van der Waals surface area contributed by atoms with Gasteiger partial charge in [0, 0.05) is 5.92 Å². The Kier molecular flexibility index (Phi) is 4.51. The molecular formula is C16H19NO. The van der Waals surface area contributed by atoms with Crippen LogP contribution in [0.25, 0.3) is 0 Å². The van der Waals surface area contributed by atoms with Gasteiger partial charge in [-0.15, -0.1) is 0 Å². The van der Waals surface area contributed by atoms with Crippen molar-refractivity contribution < 1.29 is 5.11 Å². The van der Waals surface area contributed by atoms with E-state index in [1.54, 1.807) is 0 Å². The average Bonchev–Trinajstić information content (AvgIpc) is 2.46. The van der Waals surface area contributed by atoms with Crippen LogP contribution in [0.3, 0.4) is 0 Å². The van der Waals surface area contributed by atoms with Gasteiger partial charge in [0.1, 0.15) is 0 Å². The number of hydrogen-bond donors (Lipinski definition) is 2. The van der Waals surface area contributed by atoms with E-state index in [2.05, 4.69) is 24.3 Å². The second-order valence-electron chi connectivity index (χ2n) is 4.52. The van der Waals surface area contributed by atoms with Gasteiger partial charge in [-0.1, -0.05) is 54.6 Å². The summed E-state index contributed by atoms with van der Waals surface area (Å²) in [4.78, 5) is 0. The maximum absolute atomic E-state index is 9.01. The number of hydrogen-bond acceptors (Lipinski definition) is 2. The van der Waals surface area contributed by atoms with Gasteiger partial charge in [-0.05, 0) is 29.7 Å². The first-order chi connectivity index (χ1) is 8.83. The number of benzene rings is 2. The molecule has 94 valence electrons. The molecule has 2 aromatic rings. The monoisotopic (exact) mass is 241 g/mol. The molecule has 1 atom stereocenters. The van der Waals surface area contributed by atoms with Gasteiger partial charge in [0.05, 0.1) is 6.61 Å². The van der Waals surface area contributed by atoms with Crippen molar-refractivity contribution in [3.05, 3.63) is 71.3 Å². The highest BCUT2D eigenvalue weighted by molar-refractivity contribution is 5.26. The minimum absolute atomic E-state index is 0.0965. The summed E-state index contributed by atoms with van der Waals surface area (Å²) < 4.78 is 0. The second-order valence-corrected chi connectivity index (χ2v) is 4.52. The van der Waals surface area contributed by atoms with Gasteiger partial charge in [0.2, 0.25) is 0 Å². The predicted octanol–water partition coefficient (Wildman–Crippen LogP) is 2.46. The van der Waals surface area contributed by atoms with E-state index in [0.717, 1.165) is 12.0 Å². The summed E-state index contributed by atoms with van der Waals surface area (Å²) >= 11 is 0. The van der Waals surface area contributed by atoms with Crippen LogP contribution in [0.1, 0.15) is 22.6 Å². The van der Waals surface area contributed by atoms with Crippen molar-refractivity contribution in [2.75, 3.05) is 6.54 Å². The van der Waals surface area contributed by atoms with Gasteiger partial charge in [-0.25, -0.2) is 0 Å². The minimum atomic E-state index is 0.0965. The molecule has 2 rings (SSSR count). The lowest BCUT2D eigenvalue weighted by molar-refractivity contribution is 0.282. The van der Waals surface area contributed by atoms with Crippen molar-refractivity contribution in [2.45, 2.75) is 18.9 Å². The summed E-state index contributed by atoms with van der Waals surface area (Å²) in [6, 6.07) is 18.4. The number of rotatable bonds is 5. The zero-order valence-corrected chi connectivity index (χ0v) is 10.4. The molecule has 0 saturated heterocycles. The van der Waals surface area contributed by atoms with Crippen LogP contribution in [0.2, 0.25) is 0 Å². The van der Waals surface area contributed by atoms with Crippen LogP contribution in [0.5, 0.6) is 0 Å². The minimum Gasteiger partial charge on any atom is -0.392 e. The van der Waals surface area contributed by atoms with Crippen LogP contribution >= 0.6 is 0 Å². The molecular weight excluding hydrogens is 222 g/mol. The molecule has 1 unspecified atom stereocenters. The Bertz CT molecular complexity index is 464. The Morgan fingerprint density at radius 3 is 2.06 bits per heavy atom. The molecule has 2 aromatic carbocycles. The van der Waals surface area contributed by atoms with Crippen molar-refractivity contribution in [1.29, 1.82) is 0 Å². The van der Waals surface area contributed by atoms with E-state index in [1.165, 1.54) is 11.1 Å². The molecule has 0 fully saturated rings. The van der Waals surface area contributed by atoms with Gasteiger partial charge in [-0.3, -0.25) is 0 Å². The molecule has 0 radical (unpaired) electrons. The average molecular weight is 241 g/mol. The fourth-order valence-electron chi connectivity index (χ4n) is 2.13. The molecule has 0 amide bonds. The Balaban J connectivity index is 2.10. The number of aliphatic hydroxyl groups is 1.